The molecule has 0 aliphatic heterocycles. The minimum Gasteiger partial charge on any atom is -0.326 e. The van der Waals surface area contributed by atoms with Gasteiger partial charge in [-0.3, -0.25) is 14.6 Å². The third-order valence-corrected chi connectivity index (χ3v) is 2.73. The number of nitrogens with one attached hydrogen (secondary N) is 1. The van der Waals surface area contributed by atoms with E-state index in [1.165, 1.54) is 13.1 Å². The van der Waals surface area contributed by atoms with Gasteiger partial charge in [0.15, 0.2) is 5.78 Å². The van der Waals surface area contributed by atoms with Crippen LogP contribution in [0.3, 0.4) is 0 Å². The number of hydrogen-bond donors (Lipinski definition) is 1. The van der Waals surface area contributed by atoms with E-state index in [9.17, 15) is 9.59 Å². The fourth-order valence-electron chi connectivity index (χ4n) is 1.75. The number of anilines is 1. The van der Waals surface area contributed by atoms with Crippen molar-refractivity contribution in [3.63, 3.8) is 0 Å². The number of hydrogen-bond acceptors (Lipinski definition) is 3. The van der Waals surface area contributed by atoms with Crippen LogP contribution in [0.1, 0.15) is 28.4 Å². The highest BCUT2D eigenvalue weighted by molar-refractivity contribution is 6.09. The summed E-state index contributed by atoms with van der Waals surface area (Å²) in [5.74, 6) is -0.270. The molecular formula is C15H14N2O2. The summed E-state index contributed by atoms with van der Waals surface area (Å²) in [6.07, 6.45) is 3.15. The Morgan fingerprint density at radius 3 is 2.58 bits per heavy atom. The van der Waals surface area contributed by atoms with Gasteiger partial charge in [-0.2, -0.15) is 0 Å². The average Bonchev–Trinajstić information content (AvgIpc) is 2.41. The minimum atomic E-state index is -0.158. The molecule has 4 nitrogen and oxygen atoms in total. The third-order valence-electron chi connectivity index (χ3n) is 2.73. The Hall–Kier alpha value is -2.49. The Morgan fingerprint density at radius 2 is 1.95 bits per heavy atom. The molecule has 0 fully saturated rings. The SMILES string of the molecule is CC(=O)Nc1cc(C(=O)c2cccnc2)ccc1C. The molecule has 1 heterocycles. The van der Waals surface area contributed by atoms with Gasteiger partial charge in [0.25, 0.3) is 0 Å². The summed E-state index contributed by atoms with van der Waals surface area (Å²) in [7, 11) is 0. The molecule has 0 aliphatic carbocycles. The number of pyridine rings is 1. The highest BCUT2D eigenvalue weighted by Crippen LogP contribution is 2.19. The Labute approximate surface area is 111 Å². The maximum Gasteiger partial charge on any atom is 0.221 e. The van der Waals surface area contributed by atoms with E-state index in [2.05, 4.69) is 10.3 Å². The first-order valence-corrected chi connectivity index (χ1v) is 5.91. The van der Waals surface area contributed by atoms with Crippen LogP contribution in [0.15, 0.2) is 42.7 Å². The zero-order valence-electron chi connectivity index (χ0n) is 10.8. The molecule has 0 radical (unpaired) electrons. The van der Waals surface area contributed by atoms with Gasteiger partial charge in [0.2, 0.25) is 5.91 Å². The minimum absolute atomic E-state index is 0.111. The van der Waals surface area contributed by atoms with Crippen LogP contribution >= 0.6 is 0 Å². The molecule has 96 valence electrons. The molecule has 19 heavy (non-hydrogen) atoms. The second kappa shape index (κ2) is 5.44. The summed E-state index contributed by atoms with van der Waals surface area (Å²) in [5, 5.41) is 2.71. The predicted octanol–water partition coefficient (Wildman–Crippen LogP) is 2.58. The van der Waals surface area contributed by atoms with Crippen LogP contribution < -0.4 is 5.32 Å². The molecule has 1 aromatic heterocycles. The maximum absolute atomic E-state index is 12.2. The second-order valence-electron chi connectivity index (χ2n) is 4.28. The van der Waals surface area contributed by atoms with E-state index in [1.54, 1.807) is 30.5 Å². The fraction of sp³-hybridized carbons (Fsp3) is 0.133. The number of amides is 1. The first-order chi connectivity index (χ1) is 9.08. The smallest absolute Gasteiger partial charge is 0.221 e. The summed E-state index contributed by atoms with van der Waals surface area (Å²) < 4.78 is 0. The molecule has 0 saturated carbocycles. The van der Waals surface area contributed by atoms with E-state index >= 15 is 0 Å². The van der Waals surface area contributed by atoms with E-state index in [4.69, 9.17) is 0 Å². The molecule has 0 atom stereocenters. The summed E-state index contributed by atoms with van der Waals surface area (Å²) in [6.45, 7) is 3.32. The van der Waals surface area contributed by atoms with Crippen LogP contribution in [0.5, 0.6) is 0 Å². The van der Waals surface area contributed by atoms with Crippen molar-refractivity contribution in [2.24, 2.45) is 0 Å². The van der Waals surface area contributed by atoms with Crippen LogP contribution in [0.25, 0.3) is 0 Å². The predicted molar refractivity (Wildman–Crippen MR) is 73.2 cm³/mol. The van der Waals surface area contributed by atoms with E-state index in [1.807, 2.05) is 13.0 Å². The number of carbonyl (C=O) groups excluding carboxylic acids is 2. The molecule has 2 aromatic rings. The zero-order chi connectivity index (χ0) is 13.8. The average molecular weight is 254 g/mol. The van der Waals surface area contributed by atoms with Gasteiger partial charge in [-0.15, -0.1) is 0 Å². The molecule has 0 saturated heterocycles. The van der Waals surface area contributed by atoms with Crippen molar-refractivity contribution >= 4 is 17.4 Å². The highest BCUT2D eigenvalue weighted by Gasteiger charge is 2.11. The molecule has 0 spiro atoms. The summed E-state index contributed by atoms with van der Waals surface area (Å²) in [4.78, 5) is 27.3. The normalized spacial score (nSPS) is 10.0. The molecule has 4 heteroatoms. The Balaban J connectivity index is 2.36. The van der Waals surface area contributed by atoms with Crippen molar-refractivity contribution in [2.75, 3.05) is 5.32 Å². The molecule has 0 bridgehead atoms. The van der Waals surface area contributed by atoms with E-state index in [-0.39, 0.29) is 11.7 Å². The fourth-order valence-corrected chi connectivity index (χ4v) is 1.75. The quantitative estimate of drug-likeness (QED) is 0.856. The molecule has 0 unspecified atom stereocenters. The highest BCUT2D eigenvalue weighted by atomic mass is 16.1. The van der Waals surface area contributed by atoms with Gasteiger partial charge in [0.05, 0.1) is 0 Å². The van der Waals surface area contributed by atoms with Crippen molar-refractivity contribution in [2.45, 2.75) is 13.8 Å². The summed E-state index contributed by atoms with van der Waals surface area (Å²) in [6, 6.07) is 8.68. The van der Waals surface area contributed by atoms with Crippen LogP contribution in [0.4, 0.5) is 5.69 Å². The van der Waals surface area contributed by atoms with Gasteiger partial charge in [-0.25, -0.2) is 0 Å². The molecule has 0 aliphatic rings. The van der Waals surface area contributed by atoms with E-state index in [0.717, 1.165) is 5.56 Å². The number of rotatable bonds is 3. The van der Waals surface area contributed by atoms with Gasteiger partial charge in [-0.1, -0.05) is 12.1 Å². The largest absolute Gasteiger partial charge is 0.326 e. The lowest BCUT2D eigenvalue weighted by atomic mass is 10.0. The number of nitrogens with zero attached hydrogens (tertiary/aromatic N) is 1. The molecule has 1 amide bonds. The molecule has 2 rings (SSSR count). The lowest BCUT2D eigenvalue weighted by Gasteiger charge is -2.08. The number of carbonyl (C=O) groups is 2. The van der Waals surface area contributed by atoms with Crippen molar-refractivity contribution in [3.05, 3.63) is 59.4 Å². The Kier molecular flexibility index (Phi) is 3.71. The number of aromatic nitrogens is 1. The van der Waals surface area contributed by atoms with Crippen LogP contribution in [-0.2, 0) is 4.79 Å². The summed E-state index contributed by atoms with van der Waals surface area (Å²) in [5.41, 5.74) is 2.63. The lowest BCUT2D eigenvalue weighted by molar-refractivity contribution is -0.114. The number of benzene rings is 1. The van der Waals surface area contributed by atoms with E-state index < -0.39 is 0 Å². The molecule has 1 aromatic carbocycles. The van der Waals surface area contributed by atoms with Crippen molar-refractivity contribution in [1.82, 2.24) is 4.98 Å². The standard InChI is InChI=1S/C15H14N2O2/c1-10-5-6-12(8-14(10)17-11(2)18)15(19)13-4-3-7-16-9-13/h3-9H,1-2H3,(H,17,18). The summed E-state index contributed by atoms with van der Waals surface area (Å²) >= 11 is 0. The van der Waals surface area contributed by atoms with Gasteiger partial charge in [-0.05, 0) is 30.7 Å². The Bertz CT molecular complexity index is 621. The van der Waals surface area contributed by atoms with Crippen LogP contribution in [0, 0.1) is 6.92 Å². The topological polar surface area (TPSA) is 59.1 Å². The van der Waals surface area contributed by atoms with E-state index in [0.29, 0.717) is 16.8 Å². The van der Waals surface area contributed by atoms with Crippen LogP contribution in [-0.4, -0.2) is 16.7 Å². The van der Waals surface area contributed by atoms with Crippen molar-refractivity contribution in [1.29, 1.82) is 0 Å². The van der Waals surface area contributed by atoms with Crippen molar-refractivity contribution < 1.29 is 9.59 Å². The number of ketones is 1. The van der Waals surface area contributed by atoms with Crippen LogP contribution in [0.2, 0.25) is 0 Å². The van der Waals surface area contributed by atoms with Gasteiger partial charge >= 0.3 is 0 Å². The maximum atomic E-state index is 12.2. The zero-order valence-corrected chi connectivity index (χ0v) is 10.8. The second-order valence-corrected chi connectivity index (χ2v) is 4.28. The van der Waals surface area contributed by atoms with Crippen molar-refractivity contribution in [3.8, 4) is 0 Å². The first-order valence-electron chi connectivity index (χ1n) is 5.91. The Morgan fingerprint density at radius 1 is 1.16 bits per heavy atom. The molecular weight excluding hydrogens is 240 g/mol. The third kappa shape index (κ3) is 3.04. The monoisotopic (exact) mass is 254 g/mol. The van der Waals surface area contributed by atoms with Gasteiger partial charge in [0.1, 0.15) is 0 Å². The van der Waals surface area contributed by atoms with Gasteiger partial charge < -0.3 is 5.32 Å². The first kappa shape index (κ1) is 13.0. The van der Waals surface area contributed by atoms with Gasteiger partial charge in [0, 0.05) is 36.1 Å². The number of aryl methyl sites for hydroxylation is 1. The molecule has 1 N–H and O–H groups in total. The lowest BCUT2D eigenvalue weighted by Crippen LogP contribution is -2.09.